The number of hydrogen-bond donors (Lipinski definition) is 1. The number of thioether (sulfide) groups is 1. The number of aryl methyl sites for hydroxylation is 2. The zero-order valence-corrected chi connectivity index (χ0v) is 19.6. The topological polar surface area (TPSA) is 71.0 Å². The van der Waals surface area contributed by atoms with Gasteiger partial charge in [0, 0.05) is 18.8 Å². The Hall–Kier alpha value is -2.80. The number of hydrazone groups is 1. The van der Waals surface area contributed by atoms with Crippen LogP contribution in [-0.2, 0) is 15.3 Å². The molecule has 1 aliphatic heterocycles. The van der Waals surface area contributed by atoms with Crippen LogP contribution in [0.5, 0.6) is 5.75 Å². The molecule has 1 heterocycles. The van der Waals surface area contributed by atoms with Crippen LogP contribution in [0.3, 0.4) is 0 Å². The summed E-state index contributed by atoms with van der Waals surface area (Å²) in [6.45, 7) is 5.87. The Bertz CT molecular complexity index is 918. The largest absolute Gasteiger partial charge is 0.484 e. The van der Waals surface area contributed by atoms with E-state index in [1.165, 1.54) is 23.1 Å². The molecular formula is C25H31N3O3S. The van der Waals surface area contributed by atoms with Gasteiger partial charge in [0.15, 0.2) is 6.61 Å². The molecule has 0 atom stereocenters. The maximum atomic E-state index is 12.2. The van der Waals surface area contributed by atoms with Crippen LogP contribution in [-0.4, -0.2) is 48.4 Å². The SMILES string of the molecule is Cc1cc(C)cc(CSCC(=O)N/N=C/c2ccc(OCC(=O)N3CCCCC3)cc2)c1. The normalized spacial score (nSPS) is 13.9. The van der Waals surface area contributed by atoms with Gasteiger partial charge in [-0.1, -0.05) is 29.3 Å². The van der Waals surface area contributed by atoms with Gasteiger partial charge in [-0.3, -0.25) is 9.59 Å². The van der Waals surface area contributed by atoms with Gasteiger partial charge in [0.1, 0.15) is 5.75 Å². The van der Waals surface area contributed by atoms with Gasteiger partial charge < -0.3 is 9.64 Å². The Morgan fingerprint density at radius 3 is 2.44 bits per heavy atom. The van der Waals surface area contributed by atoms with Crippen LogP contribution < -0.4 is 10.2 Å². The third-order valence-electron chi connectivity index (χ3n) is 5.14. The zero-order chi connectivity index (χ0) is 22.8. The number of benzene rings is 2. The van der Waals surface area contributed by atoms with Crippen LogP contribution in [0.25, 0.3) is 0 Å². The van der Waals surface area contributed by atoms with E-state index in [0.717, 1.165) is 37.2 Å². The molecule has 2 aromatic rings. The van der Waals surface area contributed by atoms with Crippen molar-refractivity contribution in [3.8, 4) is 5.75 Å². The number of hydrogen-bond acceptors (Lipinski definition) is 5. The molecule has 1 saturated heterocycles. The molecule has 32 heavy (non-hydrogen) atoms. The third kappa shape index (κ3) is 8.04. The first-order valence-corrected chi connectivity index (χ1v) is 12.1. The second-order valence-corrected chi connectivity index (χ2v) is 9.07. The highest BCUT2D eigenvalue weighted by molar-refractivity contribution is 7.99. The van der Waals surface area contributed by atoms with Gasteiger partial charge in [0.2, 0.25) is 5.91 Å². The maximum Gasteiger partial charge on any atom is 0.260 e. The van der Waals surface area contributed by atoms with E-state index in [4.69, 9.17) is 4.74 Å². The highest BCUT2D eigenvalue weighted by atomic mass is 32.2. The van der Waals surface area contributed by atoms with Crippen LogP contribution in [0.4, 0.5) is 0 Å². The minimum atomic E-state index is -0.133. The second-order valence-electron chi connectivity index (χ2n) is 8.08. The number of carbonyl (C=O) groups excluding carboxylic acids is 2. The molecule has 0 aliphatic carbocycles. The maximum absolute atomic E-state index is 12.2. The number of amides is 2. The van der Waals surface area contributed by atoms with Gasteiger partial charge in [0.05, 0.1) is 12.0 Å². The van der Waals surface area contributed by atoms with Crippen LogP contribution >= 0.6 is 11.8 Å². The van der Waals surface area contributed by atoms with Crippen LogP contribution in [0.1, 0.15) is 41.5 Å². The summed E-state index contributed by atoms with van der Waals surface area (Å²) < 4.78 is 5.61. The predicted molar refractivity (Wildman–Crippen MR) is 130 cm³/mol. The lowest BCUT2D eigenvalue weighted by atomic mass is 10.1. The predicted octanol–water partition coefficient (Wildman–Crippen LogP) is 4.08. The van der Waals surface area contributed by atoms with Gasteiger partial charge in [-0.05, 0) is 68.5 Å². The average molecular weight is 454 g/mol. The molecule has 2 amide bonds. The molecule has 1 N–H and O–H groups in total. The molecule has 0 spiro atoms. The van der Waals surface area contributed by atoms with E-state index < -0.39 is 0 Å². The van der Waals surface area contributed by atoms with Crippen molar-refractivity contribution in [1.29, 1.82) is 0 Å². The second kappa shape index (κ2) is 12.3. The Balaban J connectivity index is 1.35. The van der Waals surface area contributed by atoms with Gasteiger partial charge in [0.25, 0.3) is 5.91 Å². The number of nitrogens with zero attached hydrogens (tertiary/aromatic N) is 2. The van der Waals surface area contributed by atoms with Crippen molar-refractivity contribution in [1.82, 2.24) is 10.3 Å². The Morgan fingerprint density at radius 2 is 1.75 bits per heavy atom. The molecule has 2 aromatic carbocycles. The van der Waals surface area contributed by atoms with Gasteiger partial charge in [-0.25, -0.2) is 5.43 Å². The van der Waals surface area contributed by atoms with Crippen molar-refractivity contribution in [3.05, 3.63) is 64.7 Å². The van der Waals surface area contributed by atoms with E-state index in [-0.39, 0.29) is 18.4 Å². The quantitative estimate of drug-likeness (QED) is 0.459. The van der Waals surface area contributed by atoms with Crippen molar-refractivity contribution in [3.63, 3.8) is 0 Å². The van der Waals surface area contributed by atoms with Gasteiger partial charge in [-0.15, -0.1) is 11.8 Å². The Labute approximate surface area is 194 Å². The first kappa shape index (κ1) is 23.9. The lowest BCUT2D eigenvalue weighted by molar-refractivity contribution is -0.134. The molecule has 0 aromatic heterocycles. The summed E-state index contributed by atoms with van der Waals surface area (Å²) >= 11 is 1.56. The molecule has 0 radical (unpaired) electrons. The molecule has 0 saturated carbocycles. The minimum absolute atomic E-state index is 0.0356. The molecular weight excluding hydrogens is 422 g/mol. The monoisotopic (exact) mass is 453 g/mol. The lowest BCUT2D eigenvalue weighted by Gasteiger charge is -2.26. The van der Waals surface area contributed by atoms with E-state index in [0.29, 0.717) is 11.5 Å². The standard InChI is InChI=1S/C25H31N3O3S/c1-19-12-20(2)14-22(13-19)17-32-18-24(29)27-26-15-21-6-8-23(9-7-21)31-16-25(30)28-10-4-3-5-11-28/h6-9,12-15H,3-5,10-11,16-18H2,1-2H3,(H,27,29)/b26-15+. The van der Waals surface area contributed by atoms with Crippen molar-refractivity contribution >= 4 is 29.8 Å². The fourth-order valence-electron chi connectivity index (χ4n) is 3.65. The molecule has 7 heteroatoms. The molecule has 170 valence electrons. The summed E-state index contributed by atoms with van der Waals surface area (Å²) in [6.07, 6.45) is 4.93. The number of ether oxygens (including phenoxy) is 1. The number of nitrogens with one attached hydrogen (secondary N) is 1. The highest BCUT2D eigenvalue weighted by Gasteiger charge is 2.16. The summed E-state index contributed by atoms with van der Waals surface area (Å²) in [7, 11) is 0. The third-order valence-corrected chi connectivity index (χ3v) is 6.14. The summed E-state index contributed by atoms with van der Waals surface area (Å²) in [5.74, 6) is 1.68. The van der Waals surface area contributed by atoms with E-state index >= 15 is 0 Å². The highest BCUT2D eigenvalue weighted by Crippen LogP contribution is 2.16. The van der Waals surface area contributed by atoms with E-state index in [1.807, 2.05) is 17.0 Å². The van der Waals surface area contributed by atoms with Crippen LogP contribution in [0, 0.1) is 13.8 Å². The van der Waals surface area contributed by atoms with Gasteiger partial charge in [-0.2, -0.15) is 5.10 Å². The molecule has 1 fully saturated rings. The number of likely N-dealkylation sites (tertiary alicyclic amines) is 1. The molecule has 1 aliphatic rings. The number of rotatable bonds is 9. The summed E-state index contributed by atoms with van der Waals surface area (Å²) in [6, 6.07) is 13.7. The smallest absolute Gasteiger partial charge is 0.260 e. The van der Waals surface area contributed by atoms with E-state index in [2.05, 4.69) is 42.6 Å². The first-order chi connectivity index (χ1) is 15.5. The molecule has 3 rings (SSSR count). The van der Waals surface area contributed by atoms with Crippen molar-refractivity contribution < 1.29 is 14.3 Å². The van der Waals surface area contributed by atoms with Crippen molar-refractivity contribution in [2.75, 3.05) is 25.4 Å². The fraction of sp³-hybridized carbons (Fsp3) is 0.400. The van der Waals surface area contributed by atoms with E-state index in [1.54, 1.807) is 30.1 Å². The molecule has 0 unspecified atom stereocenters. The summed E-state index contributed by atoms with van der Waals surface area (Å²) in [5, 5.41) is 4.02. The minimum Gasteiger partial charge on any atom is -0.484 e. The Morgan fingerprint density at radius 1 is 1.06 bits per heavy atom. The van der Waals surface area contributed by atoms with Crippen LogP contribution in [0.2, 0.25) is 0 Å². The fourth-order valence-corrected chi connectivity index (χ4v) is 4.41. The summed E-state index contributed by atoms with van der Waals surface area (Å²) in [4.78, 5) is 26.0. The lowest BCUT2D eigenvalue weighted by Crippen LogP contribution is -2.38. The Kier molecular flexibility index (Phi) is 9.16. The zero-order valence-electron chi connectivity index (χ0n) is 18.8. The van der Waals surface area contributed by atoms with Crippen LogP contribution in [0.15, 0.2) is 47.6 Å². The van der Waals surface area contributed by atoms with E-state index in [9.17, 15) is 9.59 Å². The number of carbonyl (C=O) groups is 2. The van der Waals surface area contributed by atoms with Crippen molar-refractivity contribution in [2.45, 2.75) is 38.9 Å². The number of piperidine rings is 1. The first-order valence-electron chi connectivity index (χ1n) is 11.0. The average Bonchev–Trinajstić information content (AvgIpc) is 2.78. The van der Waals surface area contributed by atoms with Crippen molar-refractivity contribution in [2.24, 2.45) is 5.10 Å². The molecule has 0 bridgehead atoms. The molecule has 6 nitrogen and oxygen atoms in total. The van der Waals surface area contributed by atoms with Gasteiger partial charge >= 0.3 is 0 Å². The summed E-state index contributed by atoms with van der Waals surface area (Å²) in [5.41, 5.74) is 7.09.